The standard InChI is InChI=1S/C78H60N2/c1-75(2,3)77(65-29-15-13-27-59(65)61-43-39-57(47-67(61)77)79(55-23-9-7-10-24-55)69-45-37-53-33-31-49-19-17-21-51-35-41-63(69)73(53)71(49)51)78(76(4,5)6)66-30-16-14-28-60(66)62-44-40-58(48-68(62)78)80(56-25-11-8-12-26-56)70-46-38-54-34-32-50-20-18-22-52-36-42-64(70)74(54)72(50)52/h7-48H,1-6H3. The van der Waals surface area contributed by atoms with E-state index in [1.54, 1.807) is 0 Å². The molecule has 0 fully saturated rings. The Morgan fingerprint density at radius 1 is 0.250 bits per heavy atom. The van der Waals surface area contributed by atoms with Crippen molar-refractivity contribution in [3.8, 4) is 22.3 Å². The fraction of sp³-hybridized carbons (Fsp3) is 0.128. The highest BCUT2D eigenvalue weighted by molar-refractivity contribution is 6.27. The van der Waals surface area contributed by atoms with Crippen molar-refractivity contribution in [3.05, 3.63) is 277 Å². The lowest BCUT2D eigenvalue weighted by Gasteiger charge is -2.62. The highest BCUT2D eigenvalue weighted by Gasteiger charge is 2.70. The molecule has 0 radical (unpaired) electrons. The molecule has 2 atom stereocenters. The first kappa shape index (κ1) is 46.8. The molecule has 2 aliphatic carbocycles. The van der Waals surface area contributed by atoms with Gasteiger partial charge in [0.2, 0.25) is 0 Å². The van der Waals surface area contributed by atoms with Gasteiger partial charge in [0, 0.05) is 44.4 Å². The summed E-state index contributed by atoms with van der Waals surface area (Å²) in [7, 11) is 0. The van der Waals surface area contributed by atoms with E-state index in [4.69, 9.17) is 0 Å². The highest BCUT2D eigenvalue weighted by atomic mass is 15.2. The normalized spacial score (nSPS) is 16.7. The van der Waals surface area contributed by atoms with Crippen LogP contribution in [-0.2, 0) is 10.8 Å². The Bertz CT molecular complexity index is 4470. The van der Waals surface area contributed by atoms with Gasteiger partial charge in [0.15, 0.2) is 0 Å². The zero-order chi connectivity index (χ0) is 53.9. The molecule has 0 aromatic heterocycles. The minimum atomic E-state index is -0.629. The average Bonchev–Trinajstić information content (AvgIpc) is 3.02. The lowest BCUT2D eigenvalue weighted by Crippen LogP contribution is -2.62. The van der Waals surface area contributed by atoms with Gasteiger partial charge in [-0.1, -0.05) is 236 Å². The molecule has 0 spiro atoms. The maximum atomic E-state index is 2.62. The van der Waals surface area contributed by atoms with Crippen LogP contribution in [0, 0.1) is 10.8 Å². The summed E-state index contributed by atoms with van der Waals surface area (Å²) in [4.78, 5) is 5.07. The van der Waals surface area contributed by atoms with Crippen LogP contribution in [0.3, 0.4) is 0 Å². The van der Waals surface area contributed by atoms with Crippen LogP contribution in [-0.4, -0.2) is 0 Å². The molecule has 382 valence electrons. The second kappa shape index (κ2) is 16.6. The quantitative estimate of drug-likeness (QED) is 0.147. The number of benzene rings is 14. The van der Waals surface area contributed by atoms with E-state index < -0.39 is 10.8 Å². The Hall–Kier alpha value is -9.24. The minimum absolute atomic E-state index is 0.360. The van der Waals surface area contributed by atoms with E-state index in [2.05, 4.69) is 306 Å². The zero-order valence-electron chi connectivity index (χ0n) is 46.1. The van der Waals surface area contributed by atoms with Gasteiger partial charge in [0.25, 0.3) is 0 Å². The number of anilines is 6. The Morgan fingerprint density at radius 2 is 0.575 bits per heavy atom. The molecule has 2 heteroatoms. The summed E-state index contributed by atoms with van der Waals surface area (Å²) in [6, 6.07) is 97.2. The first-order valence-electron chi connectivity index (χ1n) is 28.5. The molecule has 2 unspecified atom stereocenters. The van der Waals surface area contributed by atoms with Crippen molar-refractivity contribution in [1.29, 1.82) is 0 Å². The molecule has 2 aliphatic rings. The number of hydrogen-bond donors (Lipinski definition) is 0. The average molecular weight is 1030 g/mol. The van der Waals surface area contributed by atoms with Crippen LogP contribution in [0.5, 0.6) is 0 Å². The van der Waals surface area contributed by atoms with Gasteiger partial charge in [0.05, 0.1) is 11.4 Å². The molecular weight excluding hydrogens is 965 g/mol. The molecule has 0 heterocycles. The molecule has 0 amide bonds. The van der Waals surface area contributed by atoms with Crippen molar-refractivity contribution in [2.75, 3.05) is 9.80 Å². The summed E-state index contributed by atoms with van der Waals surface area (Å²) in [5.74, 6) is 0. The second-order valence-electron chi connectivity index (χ2n) is 24.8. The van der Waals surface area contributed by atoms with Crippen molar-refractivity contribution in [2.45, 2.75) is 52.4 Å². The summed E-state index contributed by atoms with van der Waals surface area (Å²) >= 11 is 0. The van der Waals surface area contributed by atoms with E-state index in [9.17, 15) is 0 Å². The molecule has 14 aromatic rings. The third kappa shape index (κ3) is 6.09. The molecule has 0 N–H and O–H groups in total. The van der Waals surface area contributed by atoms with E-state index in [-0.39, 0.29) is 10.8 Å². The van der Waals surface area contributed by atoms with Crippen molar-refractivity contribution < 1.29 is 0 Å². The van der Waals surface area contributed by atoms with Gasteiger partial charge in [-0.25, -0.2) is 0 Å². The van der Waals surface area contributed by atoms with Gasteiger partial charge >= 0.3 is 0 Å². The maximum Gasteiger partial charge on any atom is 0.0540 e. The lowest BCUT2D eigenvalue weighted by molar-refractivity contribution is 0.0594. The number of hydrogen-bond acceptors (Lipinski definition) is 2. The minimum Gasteiger partial charge on any atom is -0.310 e. The smallest absolute Gasteiger partial charge is 0.0540 e. The van der Waals surface area contributed by atoms with Crippen LogP contribution in [0.1, 0.15) is 63.8 Å². The van der Waals surface area contributed by atoms with Gasteiger partial charge in [-0.05, 0) is 170 Å². The van der Waals surface area contributed by atoms with Gasteiger partial charge in [0.1, 0.15) is 0 Å². The summed E-state index contributed by atoms with van der Waals surface area (Å²) in [6.45, 7) is 15.2. The fourth-order valence-corrected chi connectivity index (χ4v) is 16.2. The Labute approximate surface area is 468 Å². The lowest BCUT2D eigenvalue weighted by atomic mass is 9.39. The van der Waals surface area contributed by atoms with E-state index in [1.807, 2.05) is 0 Å². The molecule has 80 heavy (non-hydrogen) atoms. The van der Waals surface area contributed by atoms with Crippen LogP contribution in [0.25, 0.3) is 86.9 Å². The molecule has 0 saturated carbocycles. The maximum absolute atomic E-state index is 2.62. The largest absolute Gasteiger partial charge is 0.310 e. The van der Waals surface area contributed by atoms with Gasteiger partial charge in [-0.15, -0.1) is 0 Å². The van der Waals surface area contributed by atoms with Gasteiger partial charge in [-0.2, -0.15) is 0 Å². The summed E-state index contributed by atoms with van der Waals surface area (Å²) in [5.41, 5.74) is 15.6. The summed E-state index contributed by atoms with van der Waals surface area (Å²) in [6.07, 6.45) is 0. The van der Waals surface area contributed by atoms with Crippen LogP contribution >= 0.6 is 0 Å². The number of rotatable bonds is 7. The van der Waals surface area contributed by atoms with E-state index in [0.717, 1.165) is 22.7 Å². The SMILES string of the molecule is CC(C)(C)C1(C2(C(C)(C)C)c3ccccc3-c3ccc(N(c4ccccc4)c4ccc5ccc6cccc7ccc4c5c67)cc32)c2ccccc2-c2ccc(N(c3ccccc3)c3ccc4ccc5cccc6ccc3c4c56)cc21. The summed E-state index contributed by atoms with van der Waals surface area (Å²) in [5, 5.41) is 15.3. The second-order valence-corrected chi connectivity index (χ2v) is 24.8. The van der Waals surface area contributed by atoms with Crippen LogP contribution in [0.2, 0.25) is 0 Å². The highest BCUT2D eigenvalue weighted by Crippen LogP contribution is 2.75. The number of fused-ring (bicyclic) bond motifs is 6. The Balaban J connectivity index is 0.994. The number of para-hydroxylation sites is 2. The van der Waals surface area contributed by atoms with Gasteiger partial charge in [-0.3, -0.25) is 0 Å². The first-order valence-corrected chi connectivity index (χ1v) is 28.5. The van der Waals surface area contributed by atoms with Gasteiger partial charge < -0.3 is 9.80 Å². The van der Waals surface area contributed by atoms with E-state index >= 15 is 0 Å². The van der Waals surface area contributed by atoms with E-state index in [1.165, 1.54) is 121 Å². The third-order valence-corrected chi connectivity index (χ3v) is 18.9. The zero-order valence-corrected chi connectivity index (χ0v) is 46.1. The van der Waals surface area contributed by atoms with Crippen molar-refractivity contribution in [3.63, 3.8) is 0 Å². The monoisotopic (exact) mass is 1020 g/mol. The predicted octanol–water partition coefficient (Wildman–Crippen LogP) is 21.7. The van der Waals surface area contributed by atoms with E-state index in [0.29, 0.717) is 0 Å². The van der Waals surface area contributed by atoms with Crippen molar-refractivity contribution in [1.82, 2.24) is 0 Å². The summed E-state index contributed by atoms with van der Waals surface area (Å²) < 4.78 is 0. The Kier molecular flexibility index (Phi) is 9.74. The molecule has 16 rings (SSSR count). The third-order valence-electron chi connectivity index (χ3n) is 18.9. The molecule has 0 bridgehead atoms. The molecule has 14 aromatic carbocycles. The fourth-order valence-electron chi connectivity index (χ4n) is 16.2. The van der Waals surface area contributed by atoms with Crippen LogP contribution in [0.4, 0.5) is 34.1 Å². The molecule has 0 aliphatic heterocycles. The van der Waals surface area contributed by atoms with Crippen molar-refractivity contribution in [2.24, 2.45) is 10.8 Å². The molecule has 0 saturated heterocycles. The molecular formula is C78H60N2. The Morgan fingerprint density at radius 3 is 0.963 bits per heavy atom. The topological polar surface area (TPSA) is 6.48 Å². The first-order chi connectivity index (χ1) is 39.0. The van der Waals surface area contributed by atoms with Crippen LogP contribution < -0.4 is 9.80 Å². The predicted molar refractivity (Wildman–Crippen MR) is 341 cm³/mol. The number of nitrogens with zero attached hydrogens (tertiary/aromatic N) is 2. The van der Waals surface area contributed by atoms with Crippen molar-refractivity contribution >= 4 is 98.8 Å². The van der Waals surface area contributed by atoms with Crippen LogP contribution in [0.15, 0.2) is 255 Å². The molecule has 2 nitrogen and oxygen atoms in total.